The highest BCUT2D eigenvalue weighted by atomic mass is 32.2. The van der Waals surface area contributed by atoms with Gasteiger partial charge in [-0.2, -0.15) is 0 Å². The monoisotopic (exact) mass is 326 g/mol. The van der Waals surface area contributed by atoms with Gasteiger partial charge in [-0.15, -0.1) is 0 Å². The van der Waals surface area contributed by atoms with Crippen LogP contribution in [0.2, 0.25) is 0 Å². The molecule has 0 spiro atoms. The van der Waals surface area contributed by atoms with Crippen LogP contribution in [0.25, 0.3) is 10.8 Å². The molecular weight excluding hydrogens is 308 g/mol. The van der Waals surface area contributed by atoms with Crippen molar-refractivity contribution in [3.63, 3.8) is 0 Å². The summed E-state index contributed by atoms with van der Waals surface area (Å²) in [6.45, 7) is 2.23. The number of rotatable bonds is 4. The third-order valence-electron chi connectivity index (χ3n) is 3.75. The number of benzene rings is 3. The number of hydrogen-bond donors (Lipinski definition) is 2. The molecule has 118 valence electrons. The Bertz CT molecular complexity index is 966. The van der Waals surface area contributed by atoms with Gasteiger partial charge in [-0.1, -0.05) is 54.1 Å². The van der Waals surface area contributed by atoms with Gasteiger partial charge in [0.05, 0.1) is 4.90 Å². The van der Waals surface area contributed by atoms with E-state index in [0.717, 1.165) is 16.5 Å². The predicted molar refractivity (Wildman–Crippen MR) is 93.6 cm³/mol. The first-order valence-electron chi connectivity index (χ1n) is 7.30. The number of nitrogens with one attached hydrogen (secondary N) is 1. The largest absolute Gasteiger partial charge is 0.398 e. The third kappa shape index (κ3) is 3.21. The van der Waals surface area contributed by atoms with Gasteiger partial charge in [-0.25, -0.2) is 13.1 Å². The van der Waals surface area contributed by atoms with Crippen molar-refractivity contribution < 1.29 is 8.42 Å². The molecule has 0 aliphatic rings. The fourth-order valence-electron chi connectivity index (χ4n) is 2.62. The van der Waals surface area contributed by atoms with Crippen LogP contribution in [0.4, 0.5) is 5.69 Å². The Labute approximate surface area is 136 Å². The first kappa shape index (κ1) is 15.5. The molecule has 0 aromatic heterocycles. The van der Waals surface area contributed by atoms with E-state index in [1.807, 2.05) is 37.3 Å². The van der Waals surface area contributed by atoms with Gasteiger partial charge in [0.1, 0.15) is 0 Å². The highest BCUT2D eigenvalue weighted by molar-refractivity contribution is 7.89. The van der Waals surface area contributed by atoms with Gasteiger partial charge in [0.2, 0.25) is 10.0 Å². The Morgan fingerprint density at radius 1 is 0.957 bits per heavy atom. The van der Waals surface area contributed by atoms with E-state index in [-0.39, 0.29) is 11.4 Å². The van der Waals surface area contributed by atoms with Crippen molar-refractivity contribution in [1.29, 1.82) is 0 Å². The molecule has 0 radical (unpaired) electrons. The minimum absolute atomic E-state index is 0.245. The number of sulfonamides is 1. The van der Waals surface area contributed by atoms with Crippen LogP contribution in [-0.2, 0) is 16.6 Å². The standard InChI is InChI=1S/C18H18N2O2S/c1-13-5-2-6-14(11-13)12-20-23(21,22)18-10-4-7-15-16(18)8-3-9-17(15)19/h2-11,20H,12,19H2,1H3. The van der Waals surface area contributed by atoms with Crippen molar-refractivity contribution in [3.8, 4) is 0 Å². The van der Waals surface area contributed by atoms with Crippen molar-refractivity contribution >= 4 is 26.5 Å². The van der Waals surface area contributed by atoms with E-state index in [1.165, 1.54) is 0 Å². The van der Waals surface area contributed by atoms with Crippen LogP contribution in [-0.4, -0.2) is 8.42 Å². The molecule has 0 aliphatic heterocycles. The Morgan fingerprint density at radius 2 is 1.65 bits per heavy atom. The lowest BCUT2D eigenvalue weighted by Crippen LogP contribution is -2.23. The minimum Gasteiger partial charge on any atom is -0.398 e. The zero-order chi connectivity index (χ0) is 16.4. The molecule has 5 heteroatoms. The molecule has 0 atom stereocenters. The van der Waals surface area contributed by atoms with Gasteiger partial charge >= 0.3 is 0 Å². The molecule has 0 saturated carbocycles. The van der Waals surface area contributed by atoms with E-state index in [9.17, 15) is 8.42 Å². The molecule has 0 heterocycles. The van der Waals surface area contributed by atoms with Crippen LogP contribution in [0.5, 0.6) is 0 Å². The molecule has 0 fully saturated rings. The van der Waals surface area contributed by atoms with Crippen LogP contribution in [0, 0.1) is 6.92 Å². The summed E-state index contributed by atoms with van der Waals surface area (Å²) in [6, 6.07) is 18.2. The van der Waals surface area contributed by atoms with Gasteiger partial charge in [0.15, 0.2) is 0 Å². The number of aryl methyl sites for hydroxylation is 1. The van der Waals surface area contributed by atoms with Crippen molar-refractivity contribution in [1.82, 2.24) is 4.72 Å². The summed E-state index contributed by atoms with van der Waals surface area (Å²) in [5.74, 6) is 0. The first-order chi connectivity index (χ1) is 11.0. The smallest absolute Gasteiger partial charge is 0.241 e. The maximum absolute atomic E-state index is 12.7. The van der Waals surface area contributed by atoms with E-state index in [4.69, 9.17) is 5.73 Å². The van der Waals surface area contributed by atoms with Crippen LogP contribution in [0.1, 0.15) is 11.1 Å². The first-order valence-corrected chi connectivity index (χ1v) is 8.78. The topological polar surface area (TPSA) is 72.2 Å². The lowest BCUT2D eigenvalue weighted by atomic mass is 10.1. The molecule has 3 aromatic carbocycles. The molecule has 0 bridgehead atoms. The van der Waals surface area contributed by atoms with Gasteiger partial charge in [0.25, 0.3) is 0 Å². The van der Waals surface area contributed by atoms with Gasteiger partial charge < -0.3 is 5.73 Å². The Kier molecular flexibility index (Phi) is 4.07. The molecule has 4 nitrogen and oxygen atoms in total. The molecule has 0 saturated heterocycles. The second kappa shape index (κ2) is 6.02. The van der Waals surface area contributed by atoms with Crippen LogP contribution in [0.3, 0.4) is 0 Å². The average molecular weight is 326 g/mol. The van der Waals surface area contributed by atoms with Gasteiger partial charge in [0, 0.05) is 23.0 Å². The van der Waals surface area contributed by atoms with Crippen molar-refractivity contribution in [2.75, 3.05) is 5.73 Å². The lowest BCUT2D eigenvalue weighted by Gasteiger charge is -2.11. The number of nitrogen functional groups attached to an aromatic ring is 1. The molecule has 3 N–H and O–H groups in total. The second-order valence-corrected chi connectivity index (χ2v) is 7.25. The van der Waals surface area contributed by atoms with E-state index < -0.39 is 10.0 Å². The number of anilines is 1. The highest BCUT2D eigenvalue weighted by Gasteiger charge is 2.17. The lowest BCUT2D eigenvalue weighted by molar-refractivity contribution is 0.582. The van der Waals surface area contributed by atoms with E-state index >= 15 is 0 Å². The summed E-state index contributed by atoms with van der Waals surface area (Å²) in [4.78, 5) is 0.245. The maximum Gasteiger partial charge on any atom is 0.241 e. The summed E-state index contributed by atoms with van der Waals surface area (Å²) in [5, 5.41) is 1.37. The summed E-state index contributed by atoms with van der Waals surface area (Å²) in [7, 11) is -3.62. The third-order valence-corrected chi connectivity index (χ3v) is 5.21. The summed E-state index contributed by atoms with van der Waals surface area (Å²) in [6.07, 6.45) is 0. The average Bonchev–Trinajstić information content (AvgIpc) is 2.53. The molecule has 3 rings (SSSR count). The Morgan fingerprint density at radius 3 is 2.43 bits per heavy atom. The summed E-state index contributed by atoms with van der Waals surface area (Å²) < 4.78 is 28.0. The van der Waals surface area contributed by atoms with Crippen LogP contribution >= 0.6 is 0 Å². The molecule has 23 heavy (non-hydrogen) atoms. The molecule has 3 aromatic rings. The van der Waals surface area contributed by atoms with Crippen LogP contribution < -0.4 is 10.5 Å². The summed E-state index contributed by atoms with van der Waals surface area (Å²) >= 11 is 0. The summed E-state index contributed by atoms with van der Waals surface area (Å²) in [5.41, 5.74) is 8.52. The highest BCUT2D eigenvalue weighted by Crippen LogP contribution is 2.27. The number of nitrogens with two attached hydrogens (primary N) is 1. The van der Waals surface area contributed by atoms with Crippen molar-refractivity contribution in [2.24, 2.45) is 0 Å². The maximum atomic E-state index is 12.7. The SMILES string of the molecule is Cc1cccc(CNS(=O)(=O)c2cccc3c(N)cccc23)c1. The van der Waals surface area contributed by atoms with Gasteiger partial charge in [-0.05, 0) is 24.6 Å². The molecular formula is C18H18N2O2S. The van der Waals surface area contributed by atoms with E-state index in [1.54, 1.807) is 30.3 Å². The zero-order valence-corrected chi connectivity index (χ0v) is 13.6. The van der Waals surface area contributed by atoms with E-state index in [2.05, 4.69) is 4.72 Å². The van der Waals surface area contributed by atoms with Crippen molar-refractivity contribution in [3.05, 3.63) is 71.8 Å². The Hall–Kier alpha value is -2.37. The number of fused-ring (bicyclic) bond motifs is 1. The molecule has 0 aliphatic carbocycles. The predicted octanol–water partition coefficient (Wildman–Crippen LogP) is 3.21. The second-order valence-electron chi connectivity index (χ2n) is 5.51. The minimum atomic E-state index is -3.62. The zero-order valence-electron chi connectivity index (χ0n) is 12.8. The van der Waals surface area contributed by atoms with E-state index in [0.29, 0.717) is 11.1 Å². The fraction of sp³-hybridized carbons (Fsp3) is 0.111. The van der Waals surface area contributed by atoms with Gasteiger partial charge in [-0.3, -0.25) is 0 Å². The quantitative estimate of drug-likeness (QED) is 0.723. The number of hydrogen-bond acceptors (Lipinski definition) is 3. The molecule has 0 amide bonds. The molecule has 0 unspecified atom stereocenters. The van der Waals surface area contributed by atoms with Crippen molar-refractivity contribution in [2.45, 2.75) is 18.4 Å². The van der Waals surface area contributed by atoms with Crippen LogP contribution in [0.15, 0.2) is 65.6 Å². The fourth-order valence-corrected chi connectivity index (χ4v) is 3.86. The normalized spacial score (nSPS) is 11.7. The Balaban J connectivity index is 1.96.